The molecule has 0 N–H and O–H groups in total. The smallest absolute Gasteiger partial charge is 0.297 e. The van der Waals surface area contributed by atoms with Crippen molar-refractivity contribution in [3.8, 4) is 0 Å². The first-order chi connectivity index (χ1) is 9.73. The van der Waals surface area contributed by atoms with E-state index in [0.29, 0.717) is 5.56 Å². The highest BCUT2D eigenvalue weighted by atomic mass is 16.2. The van der Waals surface area contributed by atoms with Gasteiger partial charge in [-0.05, 0) is 0 Å². The largest absolute Gasteiger partial charge is 0.323 e. The normalized spacial score (nSPS) is 19.0. The topological polar surface area (TPSA) is 57.7 Å². The predicted molar refractivity (Wildman–Crippen MR) is 78.5 cm³/mol. The first-order valence-electron chi connectivity index (χ1n) is 6.89. The molecule has 0 saturated carbocycles. The van der Waals surface area contributed by atoms with Gasteiger partial charge in [0.25, 0.3) is 5.91 Å². The minimum atomic E-state index is -0.626. The molecule has 112 valence electrons. The first-order valence-corrected chi connectivity index (χ1v) is 6.89. The lowest BCUT2D eigenvalue weighted by Gasteiger charge is -2.37. The van der Waals surface area contributed by atoms with Crippen LogP contribution in [0.25, 0.3) is 0 Å². The van der Waals surface area contributed by atoms with E-state index in [9.17, 15) is 14.4 Å². The molecule has 0 bridgehead atoms. The van der Waals surface area contributed by atoms with Crippen LogP contribution in [-0.4, -0.2) is 47.2 Å². The molecule has 1 aromatic carbocycles. The Kier molecular flexibility index (Phi) is 3.85. The Labute approximate surface area is 124 Å². The monoisotopic (exact) mass is 288 g/mol. The standard InChI is InChI=1S/C16H20N2O3/c1-16(2,3)15-17(4)12(19)10-18(15)14(21)13(20)11-8-6-5-7-9-11/h5-9,15H,10H2,1-4H3/t15-/m0/s1. The van der Waals surface area contributed by atoms with Crippen LogP contribution in [-0.2, 0) is 9.59 Å². The molecule has 2 amide bonds. The summed E-state index contributed by atoms with van der Waals surface area (Å²) in [6.07, 6.45) is -0.412. The van der Waals surface area contributed by atoms with Gasteiger partial charge in [0, 0.05) is 18.0 Å². The zero-order valence-electron chi connectivity index (χ0n) is 12.8. The third-order valence-electron chi connectivity index (χ3n) is 3.63. The van der Waals surface area contributed by atoms with E-state index < -0.39 is 17.9 Å². The molecule has 1 aliphatic rings. The third-order valence-corrected chi connectivity index (χ3v) is 3.63. The SMILES string of the molecule is CN1C(=O)CN(C(=O)C(=O)c2ccccc2)[C@H]1C(C)(C)C. The zero-order valence-corrected chi connectivity index (χ0v) is 12.8. The first kappa shape index (κ1) is 15.2. The lowest BCUT2D eigenvalue weighted by Crippen LogP contribution is -2.50. The van der Waals surface area contributed by atoms with Gasteiger partial charge in [0.05, 0.1) is 0 Å². The number of hydrogen-bond acceptors (Lipinski definition) is 3. The van der Waals surface area contributed by atoms with Crippen molar-refractivity contribution in [1.82, 2.24) is 9.80 Å². The van der Waals surface area contributed by atoms with Crippen LogP contribution in [0.15, 0.2) is 30.3 Å². The summed E-state index contributed by atoms with van der Waals surface area (Å²) in [6, 6.07) is 8.42. The second-order valence-electron chi connectivity index (χ2n) is 6.37. The van der Waals surface area contributed by atoms with Crippen LogP contribution in [0.5, 0.6) is 0 Å². The van der Waals surface area contributed by atoms with Gasteiger partial charge < -0.3 is 9.80 Å². The number of Topliss-reactive ketones (excluding diaryl/α,β-unsaturated/α-hetero) is 1. The molecule has 5 nitrogen and oxygen atoms in total. The molecule has 0 aromatic heterocycles. The maximum absolute atomic E-state index is 12.5. The number of ketones is 1. The van der Waals surface area contributed by atoms with E-state index in [1.165, 1.54) is 9.80 Å². The fourth-order valence-electron chi connectivity index (χ4n) is 2.76. The summed E-state index contributed by atoms with van der Waals surface area (Å²) in [6.45, 7) is 5.79. The van der Waals surface area contributed by atoms with Gasteiger partial charge in [0.2, 0.25) is 11.7 Å². The van der Waals surface area contributed by atoms with Gasteiger partial charge in [-0.25, -0.2) is 0 Å². The van der Waals surface area contributed by atoms with Crippen LogP contribution in [0.1, 0.15) is 31.1 Å². The Morgan fingerprint density at radius 2 is 1.71 bits per heavy atom. The van der Waals surface area contributed by atoms with E-state index in [1.54, 1.807) is 37.4 Å². The Balaban J connectivity index is 2.30. The maximum Gasteiger partial charge on any atom is 0.297 e. The Morgan fingerprint density at radius 1 is 1.14 bits per heavy atom. The van der Waals surface area contributed by atoms with E-state index >= 15 is 0 Å². The molecule has 1 fully saturated rings. The van der Waals surface area contributed by atoms with Crippen molar-refractivity contribution in [2.45, 2.75) is 26.9 Å². The molecule has 1 atom stereocenters. The van der Waals surface area contributed by atoms with Crippen molar-refractivity contribution in [2.75, 3.05) is 13.6 Å². The number of carbonyl (C=O) groups is 3. The Hall–Kier alpha value is -2.17. The van der Waals surface area contributed by atoms with Crippen LogP contribution < -0.4 is 0 Å². The molecule has 1 heterocycles. The summed E-state index contributed by atoms with van der Waals surface area (Å²) in [4.78, 5) is 39.6. The predicted octanol–water partition coefficient (Wildman–Crippen LogP) is 1.54. The van der Waals surface area contributed by atoms with Crippen molar-refractivity contribution in [2.24, 2.45) is 5.41 Å². The van der Waals surface area contributed by atoms with E-state index in [4.69, 9.17) is 0 Å². The number of rotatable bonds is 2. The highest BCUT2D eigenvalue weighted by Gasteiger charge is 2.46. The van der Waals surface area contributed by atoms with Gasteiger partial charge in [-0.1, -0.05) is 51.1 Å². The lowest BCUT2D eigenvalue weighted by atomic mass is 9.91. The van der Waals surface area contributed by atoms with Gasteiger partial charge >= 0.3 is 0 Å². The molecule has 0 unspecified atom stereocenters. The van der Waals surface area contributed by atoms with Crippen molar-refractivity contribution in [1.29, 1.82) is 0 Å². The molecule has 5 heteroatoms. The quantitative estimate of drug-likeness (QED) is 0.613. The van der Waals surface area contributed by atoms with Gasteiger partial charge in [-0.15, -0.1) is 0 Å². The van der Waals surface area contributed by atoms with Crippen molar-refractivity contribution < 1.29 is 14.4 Å². The summed E-state index contributed by atoms with van der Waals surface area (Å²) in [5, 5.41) is 0. The molecule has 0 spiro atoms. The third kappa shape index (κ3) is 2.82. The average molecular weight is 288 g/mol. The fraction of sp³-hybridized carbons (Fsp3) is 0.438. The number of nitrogens with zero attached hydrogens (tertiary/aromatic N) is 2. The lowest BCUT2D eigenvalue weighted by molar-refractivity contribution is -0.131. The minimum absolute atomic E-state index is 0.0458. The van der Waals surface area contributed by atoms with Gasteiger partial charge in [-0.3, -0.25) is 14.4 Å². The zero-order chi connectivity index (χ0) is 15.8. The molecular formula is C16H20N2O3. The number of hydrogen-bond donors (Lipinski definition) is 0. The molecule has 2 rings (SSSR count). The molecule has 1 saturated heterocycles. The second kappa shape index (κ2) is 5.31. The van der Waals surface area contributed by atoms with Crippen LogP contribution in [0.2, 0.25) is 0 Å². The molecule has 0 aliphatic carbocycles. The van der Waals surface area contributed by atoms with Gasteiger partial charge in [0.1, 0.15) is 12.7 Å². The van der Waals surface area contributed by atoms with Crippen molar-refractivity contribution >= 4 is 17.6 Å². The van der Waals surface area contributed by atoms with Crippen LogP contribution in [0.4, 0.5) is 0 Å². The summed E-state index contributed by atoms with van der Waals surface area (Å²) in [7, 11) is 1.67. The highest BCUT2D eigenvalue weighted by molar-refractivity contribution is 6.43. The molecule has 21 heavy (non-hydrogen) atoms. The minimum Gasteiger partial charge on any atom is -0.323 e. The maximum atomic E-state index is 12.5. The van der Waals surface area contributed by atoms with Gasteiger partial charge in [0.15, 0.2) is 0 Å². The van der Waals surface area contributed by atoms with E-state index in [-0.39, 0.29) is 17.9 Å². The fourth-order valence-corrected chi connectivity index (χ4v) is 2.76. The van der Waals surface area contributed by atoms with E-state index in [0.717, 1.165) is 0 Å². The van der Waals surface area contributed by atoms with Crippen molar-refractivity contribution in [3.05, 3.63) is 35.9 Å². The van der Waals surface area contributed by atoms with Gasteiger partial charge in [-0.2, -0.15) is 0 Å². The summed E-state index contributed by atoms with van der Waals surface area (Å²) in [5.74, 6) is -1.35. The summed E-state index contributed by atoms with van der Waals surface area (Å²) >= 11 is 0. The number of amides is 2. The molecule has 1 aliphatic heterocycles. The summed E-state index contributed by atoms with van der Waals surface area (Å²) in [5.41, 5.74) is 0.0187. The van der Waals surface area contributed by atoms with Crippen LogP contribution in [0, 0.1) is 5.41 Å². The molecule has 1 aromatic rings. The van der Waals surface area contributed by atoms with E-state index in [1.807, 2.05) is 20.8 Å². The second-order valence-corrected chi connectivity index (χ2v) is 6.37. The summed E-state index contributed by atoms with van der Waals surface area (Å²) < 4.78 is 0. The highest BCUT2D eigenvalue weighted by Crippen LogP contribution is 2.31. The average Bonchev–Trinajstić information content (AvgIpc) is 2.74. The molecular weight excluding hydrogens is 268 g/mol. The number of carbonyl (C=O) groups excluding carboxylic acids is 3. The van der Waals surface area contributed by atoms with Crippen molar-refractivity contribution in [3.63, 3.8) is 0 Å². The number of benzene rings is 1. The van der Waals surface area contributed by atoms with E-state index in [2.05, 4.69) is 0 Å². The van der Waals surface area contributed by atoms with Crippen LogP contribution >= 0.6 is 0 Å². The number of likely N-dealkylation sites (N-methyl/N-ethyl adjacent to an activating group) is 1. The van der Waals surface area contributed by atoms with Crippen LogP contribution in [0.3, 0.4) is 0 Å². The Bertz CT molecular complexity index is 575. The Morgan fingerprint density at radius 3 is 2.24 bits per heavy atom. The molecule has 0 radical (unpaired) electrons.